The van der Waals surface area contributed by atoms with Crippen LogP contribution >= 0.6 is 11.3 Å². The number of fused-ring (bicyclic) bond motifs is 3. The molecule has 0 atom stereocenters. The van der Waals surface area contributed by atoms with Gasteiger partial charge in [-0.15, -0.1) is 0 Å². The molecule has 0 aliphatic heterocycles. The van der Waals surface area contributed by atoms with Gasteiger partial charge in [-0.25, -0.2) is 4.98 Å². The second-order valence-electron chi connectivity index (χ2n) is 6.69. The molecule has 1 amide bonds. The third-order valence-corrected chi connectivity index (χ3v) is 5.65. The Labute approximate surface area is 168 Å². The molecule has 28 heavy (non-hydrogen) atoms. The Balaban J connectivity index is 1.46. The number of aromatic nitrogens is 1. The largest absolute Gasteiger partial charge is 0.494 e. The lowest BCUT2D eigenvalue weighted by molar-refractivity contribution is 0.102. The summed E-state index contributed by atoms with van der Waals surface area (Å²) in [6.45, 7) is 2.88. The molecule has 3 aromatic carbocycles. The highest BCUT2D eigenvalue weighted by atomic mass is 32.1. The van der Waals surface area contributed by atoms with Crippen molar-refractivity contribution in [3.05, 3.63) is 66.2 Å². The number of nitrogens with one attached hydrogen (secondary N) is 1. The highest BCUT2D eigenvalue weighted by Crippen LogP contribution is 2.32. The molecule has 0 aliphatic carbocycles. The van der Waals surface area contributed by atoms with E-state index in [1.807, 2.05) is 30.3 Å². The van der Waals surface area contributed by atoms with Crippen LogP contribution in [0, 0.1) is 0 Å². The number of carbonyl (C=O) groups excluding carboxylic acids is 1. The van der Waals surface area contributed by atoms with Crippen LogP contribution in [0.2, 0.25) is 0 Å². The second kappa shape index (κ2) is 8.40. The van der Waals surface area contributed by atoms with Gasteiger partial charge in [-0.3, -0.25) is 10.1 Å². The average Bonchev–Trinajstić information content (AvgIpc) is 3.14. The Morgan fingerprint density at radius 2 is 1.86 bits per heavy atom. The molecule has 0 fully saturated rings. The molecule has 0 saturated heterocycles. The highest BCUT2D eigenvalue weighted by molar-refractivity contribution is 7.23. The van der Waals surface area contributed by atoms with Crippen LogP contribution in [0.4, 0.5) is 5.13 Å². The van der Waals surface area contributed by atoms with Crippen LogP contribution in [-0.4, -0.2) is 17.5 Å². The number of carbonyl (C=O) groups is 1. The van der Waals surface area contributed by atoms with Crippen molar-refractivity contribution in [2.75, 3.05) is 11.9 Å². The summed E-state index contributed by atoms with van der Waals surface area (Å²) in [5.74, 6) is 0.625. The Hall–Kier alpha value is -2.92. The minimum absolute atomic E-state index is 0.166. The van der Waals surface area contributed by atoms with Crippen LogP contribution in [0.5, 0.6) is 5.75 Å². The number of ether oxygens (including phenoxy) is 1. The summed E-state index contributed by atoms with van der Waals surface area (Å²) in [5.41, 5.74) is 1.49. The van der Waals surface area contributed by atoms with E-state index < -0.39 is 0 Å². The predicted molar refractivity (Wildman–Crippen MR) is 117 cm³/mol. The van der Waals surface area contributed by atoms with Gasteiger partial charge in [-0.1, -0.05) is 61.4 Å². The van der Waals surface area contributed by atoms with Gasteiger partial charge in [0.15, 0.2) is 5.13 Å². The molecule has 1 aromatic heterocycles. The first kappa shape index (κ1) is 18.4. The molecule has 4 nitrogen and oxygen atoms in total. The molecular weight excluding hydrogens is 368 g/mol. The zero-order valence-corrected chi connectivity index (χ0v) is 16.6. The van der Waals surface area contributed by atoms with Crippen LogP contribution in [0.15, 0.2) is 60.7 Å². The number of thiazole rings is 1. The number of hydrogen-bond donors (Lipinski definition) is 1. The smallest absolute Gasteiger partial charge is 0.257 e. The Bertz CT molecular complexity index is 1100. The second-order valence-corrected chi connectivity index (χ2v) is 7.69. The van der Waals surface area contributed by atoms with Gasteiger partial charge < -0.3 is 4.74 Å². The zero-order chi connectivity index (χ0) is 19.3. The Morgan fingerprint density at radius 3 is 2.68 bits per heavy atom. The summed E-state index contributed by atoms with van der Waals surface area (Å²) in [6.07, 6.45) is 3.38. The number of unbranched alkanes of at least 4 members (excludes halogenated alkanes) is 2. The third-order valence-electron chi connectivity index (χ3n) is 4.63. The van der Waals surface area contributed by atoms with E-state index in [1.54, 1.807) is 12.1 Å². The van der Waals surface area contributed by atoms with E-state index in [1.165, 1.54) is 23.1 Å². The highest BCUT2D eigenvalue weighted by Gasteiger charge is 2.12. The average molecular weight is 391 g/mol. The van der Waals surface area contributed by atoms with Crippen LogP contribution in [-0.2, 0) is 0 Å². The first-order chi connectivity index (χ1) is 13.7. The molecule has 4 rings (SSSR count). The van der Waals surface area contributed by atoms with Crippen molar-refractivity contribution in [3.63, 3.8) is 0 Å². The van der Waals surface area contributed by atoms with Crippen molar-refractivity contribution in [1.82, 2.24) is 4.98 Å². The number of anilines is 1. The van der Waals surface area contributed by atoms with Gasteiger partial charge in [0.2, 0.25) is 0 Å². The topological polar surface area (TPSA) is 51.2 Å². The van der Waals surface area contributed by atoms with E-state index in [2.05, 4.69) is 35.4 Å². The molecule has 0 unspecified atom stereocenters. The van der Waals surface area contributed by atoms with Gasteiger partial charge in [-0.2, -0.15) is 0 Å². The molecule has 1 heterocycles. The van der Waals surface area contributed by atoms with Crippen molar-refractivity contribution in [3.8, 4) is 5.75 Å². The Kier molecular flexibility index (Phi) is 5.53. The maximum absolute atomic E-state index is 12.6. The lowest BCUT2D eigenvalue weighted by Gasteiger charge is -2.06. The number of benzene rings is 3. The maximum Gasteiger partial charge on any atom is 0.257 e. The van der Waals surface area contributed by atoms with Crippen LogP contribution < -0.4 is 10.1 Å². The fourth-order valence-corrected chi connectivity index (χ4v) is 4.12. The molecule has 1 N–H and O–H groups in total. The summed E-state index contributed by atoms with van der Waals surface area (Å²) in [5, 5.41) is 5.85. The van der Waals surface area contributed by atoms with Crippen LogP contribution in [0.3, 0.4) is 0 Å². The van der Waals surface area contributed by atoms with Gasteiger partial charge in [0.1, 0.15) is 5.75 Å². The fourth-order valence-electron chi connectivity index (χ4n) is 3.12. The van der Waals surface area contributed by atoms with Gasteiger partial charge in [0.05, 0.1) is 16.8 Å². The molecule has 0 saturated carbocycles. The van der Waals surface area contributed by atoms with Crippen molar-refractivity contribution >= 4 is 43.4 Å². The number of hydrogen-bond acceptors (Lipinski definition) is 4. The minimum Gasteiger partial charge on any atom is -0.494 e. The fraction of sp³-hybridized carbons (Fsp3) is 0.217. The van der Waals surface area contributed by atoms with Crippen molar-refractivity contribution in [2.45, 2.75) is 26.2 Å². The number of rotatable bonds is 7. The van der Waals surface area contributed by atoms with Crippen molar-refractivity contribution < 1.29 is 9.53 Å². The van der Waals surface area contributed by atoms with Crippen molar-refractivity contribution in [2.24, 2.45) is 0 Å². The summed E-state index contributed by atoms with van der Waals surface area (Å²) >= 11 is 1.50. The van der Waals surface area contributed by atoms with E-state index in [0.29, 0.717) is 17.3 Å². The first-order valence-corrected chi connectivity index (χ1v) is 10.4. The quantitative estimate of drug-likeness (QED) is 0.378. The molecule has 0 spiro atoms. The predicted octanol–water partition coefficient (Wildman–Crippen LogP) is 6.27. The molecule has 0 bridgehead atoms. The lowest BCUT2D eigenvalue weighted by atomic mass is 10.1. The molecule has 5 heteroatoms. The van der Waals surface area contributed by atoms with Gasteiger partial charge in [0.25, 0.3) is 5.91 Å². The monoisotopic (exact) mass is 390 g/mol. The van der Waals surface area contributed by atoms with E-state index in [0.717, 1.165) is 34.2 Å². The first-order valence-electron chi connectivity index (χ1n) is 9.57. The molecule has 0 radical (unpaired) electrons. The zero-order valence-electron chi connectivity index (χ0n) is 15.8. The van der Waals surface area contributed by atoms with E-state index in [4.69, 9.17) is 4.74 Å². The maximum atomic E-state index is 12.6. The van der Waals surface area contributed by atoms with E-state index in [9.17, 15) is 4.79 Å². The summed E-state index contributed by atoms with van der Waals surface area (Å²) in [4.78, 5) is 17.1. The van der Waals surface area contributed by atoms with Crippen LogP contribution in [0.25, 0.3) is 21.0 Å². The normalized spacial score (nSPS) is 11.0. The summed E-state index contributed by atoms with van der Waals surface area (Å²) in [7, 11) is 0. The molecular formula is C23H22N2O2S. The molecule has 0 aliphatic rings. The minimum atomic E-state index is -0.166. The molecule has 142 valence electrons. The summed E-state index contributed by atoms with van der Waals surface area (Å²) < 4.78 is 6.79. The standard InChI is InChI=1S/C23H22N2O2S/c1-2-3-6-15-27-18-12-9-17(10-13-18)22(26)25-23-24-20-14-11-16-7-4-5-8-19(16)21(20)28-23/h4-5,7-14H,2-3,6,15H2,1H3,(H,24,25,26). The Morgan fingerprint density at radius 1 is 1.04 bits per heavy atom. The van der Waals surface area contributed by atoms with E-state index >= 15 is 0 Å². The van der Waals surface area contributed by atoms with Gasteiger partial charge in [0, 0.05) is 10.9 Å². The number of amides is 1. The van der Waals surface area contributed by atoms with Gasteiger partial charge >= 0.3 is 0 Å². The molecule has 4 aromatic rings. The third kappa shape index (κ3) is 3.99. The number of nitrogens with zero attached hydrogens (tertiary/aromatic N) is 1. The lowest BCUT2D eigenvalue weighted by Crippen LogP contribution is -2.11. The van der Waals surface area contributed by atoms with Crippen LogP contribution in [0.1, 0.15) is 36.5 Å². The SMILES string of the molecule is CCCCCOc1ccc(C(=O)Nc2nc3ccc4ccccc4c3s2)cc1. The van der Waals surface area contributed by atoms with E-state index in [-0.39, 0.29) is 5.91 Å². The van der Waals surface area contributed by atoms with Gasteiger partial charge in [-0.05, 0) is 42.1 Å². The van der Waals surface area contributed by atoms with Crippen molar-refractivity contribution in [1.29, 1.82) is 0 Å². The summed E-state index contributed by atoms with van der Waals surface area (Å²) in [6, 6.07) is 19.5.